The second-order valence-corrected chi connectivity index (χ2v) is 7.59. The molecule has 0 aliphatic rings. The minimum Gasteiger partial charge on any atom is -0.432 e. The van der Waals surface area contributed by atoms with E-state index >= 15 is 0 Å². The zero-order valence-electron chi connectivity index (χ0n) is 16.3. The molecule has 1 aromatic heterocycles. The van der Waals surface area contributed by atoms with E-state index in [2.05, 4.69) is 35.4 Å². The summed E-state index contributed by atoms with van der Waals surface area (Å²) in [6.07, 6.45) is 0.900. The summed E-state index contributed by atoms with van der Waals surface area (Å²) in [4.78, 5) is 4.13. The molecule has 0 aliphatic heterocycles. The van der Waals surface area contributed by atoms with Gasteiger partial charge in [-0.1, -0.05) is 24.3 Å². The quantitative estimate of drug-likeness (QED) is 0.413. The van der Waals surface area contributed by atoms with Gasteiger partial charge in [0.15, 0.2) is 0 Å². The number of hydrogen-bond donors (Lipinski definition) is 0. The number of benzene rings is 1. The Morgan fingerprint density at radius 1 is 1.11 bits per heavy atom. The van der Waals surface area contributed by atoms with Crippen LogP contribution in [0.5, 0.6) is 5.75 Å². The number of hydrogen-bond acceptors (Lipinski definition) is 5. The van der Waals surface area contributed by atoms with Gasteiger partial charge < -0.3 is 19.3 Å². The average Bonchev–Trinajstić information content (AvgIpc) is 3.19. The van der Waals surface area contributed by atoms with Crippen LogP contribution in [-0.4, -0.2) is 50.5 Å². The van der Waals surface area contributed by atoms with Crippen molar-refractivity contribution in [3.05, 3.63) is 53.2 Å². The smallest absolute Gasteiger partial charge is 0.264 e. The van der Waals surface area contributed by atoms with Crippen molar-refractivity contribution < 1.29 is 9.47 Å². The molecule has 6 heteroatoms. The van der Waals surface area contributed by atoms with Gasteiger partial charge in [-0.25, -0.2) is 0 Å². The predicted octanol–water partition coefficient (Wildman–Crippen LogP) is 4.92. The molecule has 0 spiro atoms. The Hall–Kier alpha value is -1.89. The molecule has 0 unspecified atom stereocenters. The van der Waals surface area contributed by atoms with Gasteiger partial charge in [0, 0.05) is 44.9 Å². The summed E-state index contributed by atoms with van der Waals surface area (Å²) >= 11 is 7.07. The molecule has 0 radical (unpaired) electrons. The van der Waals surface area contributed by atoms with E-state index < -0.39 is 0 Å². The highest BCUT2D eigenvalue weighted by Crippen LogP contribution is 2.18. The molecule has 2 rings (SSSR count). The summed E-state index contributed by atoms with van der Waals surface area (Å²) in [5.41, 5.74) is 3.37. The van der Waals surface area contributed by atoms with Gasteiger partial charge in [0.05, 0.1) is 6.61 Å². The number of thiophene rings is 1. The Morgan fingerprint density at radius 3 is 2.48 bits per heavy atom. The van der Waals surface area contributed by atoms with Gasteiger partial charge in [-0.15, -0.1) is 0 Å². The molecule has 0 atom stereocenters. The molecule has 4 nitrogen and oxygen atoms in total. The van der Waals surface area contributed by atoms with Crippen LogP contribution in [0, 0.1) is 0 Å². The number of ether oxygens (including phenoxy) is 2. The minimum atomic E-state index is 0.468. The fourth-order valence-corrected chi connectivity index (χ4v) is 3.27. The van der Waals surface area contributed by atoms with Gasteiger partial charge in [-0.05, 0) is 54.7 Å². The molecule has 27 heavy (non-hydrogen) atoms. The molecule has 1 heterocycles. The van der Waals surface area contributed by atoms with Crippen LogP contribution in [0.3, 0.4) is 0 Å². The van der Waals surface area contributed by atoms with Crippen molar-refractivity contribution in [3.63, 3.8) is 0 Å². The number of allylic oxidation sites excluding steroid dienone is 1. The van der Waals surface area contributed by atoms with Crippen LogP contribution in [0.2, 0.25) is 0 Å². The SMILES string of the molecule is C=C(C)c1ccc(OC(=S)N(C)CCCOCCN(C)c2ccsc2)cc1. The Morgan fingerprint density at radius 2 is 1.85 bits per heavy atom. The Balaban J connectivity index is 1.60. The van der Waals surface area contributed by atoms with Crippen molar-refractivity contribution >= 4 is 40.0 Å². The molecule has 0 N–H and O–H groups in total. The monoisotopic (exact) mass is 404 g/mol. The van der Waals surface area contributed by atoms with E-state index in [1.165, 1.54) is 5.69 Å². The van der Waals surface area contributed by atoms with Gasteiger partial charge in [0.2, 0.25) is 0 Å². The molecule has 0 amide bonds. The molecule has 0 bridgehead atoms. The van der Waals surface area contributed by atoms with Gasteiger partial charge in [0.1, 0.15) is 5.75 Å². The highest BCUT2D eigenvalue weighted by molar-refractivity contribution is 7.80. The van der Waals surface area contributed by atoms with E-state index in [9.17, 15) is 0 Å². The van der Waals surface area contributed by atoms with Crippen molar-refractivity contribution in [2.45, 2.75) is 13.3 Å². The fraction of sp³-hybridized carbons (Fsp3) is 0.381. The first kappa shape index (κ1) is 21.4. The average molecular weight is 405 g/mol. The second-order valence-electron chi connectivity index (χ2n) is 6.46. The number of thiocarbonyl (C=S) groups is 1. The highest BCUT2D eigenvalue weighted by Gasteiger charge is 2.07. The Labute approximate surface area is 172 Å². The van der Waals surface area contributed by atoms with Crippen LogP contribution in [-0.2, 0) is 4.74 Å². The number of anilines is 1. The molecular formula is C21H28N2O2S2. The largest absolute Gasteiger partial charge is 0.432 e. The van der Waals surface area contributed by atoms with Crippen molar-refractivity contribution in [1.82, 2.24) is 4.90 Å². The van der Waals surface area contributed by atoms with Crippen LogP contribution in [0.4, 0.5) is 5.69 Å². The van der Waals surface area contributed by atoms with Crippen molar-refractivity contribution in [2.24, 2.45) is 0 Å². The first-order chi connectivity index (χ1) is 13.0. The lowest BCUT2D eigenvalue weighted by atomic mass is 10.1. The summed E-state index contributed by atoms with van der Waals surface area (Å²) in [5, 5.41) is 4.69. The van der Waals surface area contributed by atoms with E-state index in [1.54, 1.807) is 11.3 Å². The molecule has 2 aromatic rings. The first-order valence-electron chi connectivity index (χ1n) is 8.97. The van der Waals surface area contributed by atoms with Crippen molar-refractivity contribution in [1.29, 1.82) is 0 Å². The van der Waals surface area contributed by atoms with E-state index in [0.29, 0.717) is 18.4 Å². The highest BCUT2D eigenvalue weighted by atomic mass is 32.1. The van der Waals surface area contributed by atoms with Crippen molar-refractivity contribution in [3.8, 4) is 5.75 Å². The van der Waals surface area contributed by atoms with E-state index in [-0.39, 0.29) is 0 Å². The standard InChI is InChI=1S/C21H28N2O2S2/c1-17(2)18-6-8-20(9-7-18)25-21(26)23(4)11-5-13-24-14-12-22(3)19-10-15-27-16-19/h6-10,15-16H,1,5,11-14H2,2-4H3. The number of likely N-dealkylation sites (N-methyl/N-ethyl adjacent to an activating group) is 1. The second kappa shape index (κ2) is 11.1. The minimum absolute atomic E-state index is 0.468. The van der Waals surface area contributed by atoms with Crippen LogP contribution in [0.1, 0.15) is 18.9 Å². The lowest BCUT2D eigenvalue weighted by molar-refractivity contribution is 0.134. The summed E-state index contributed by atoms with van der Waals surface area (Å²) in [5.74, 6) is 0.740. The third-order valence-corrected chi connectivity index (χ3v) is 5.23. The van der Waals surface area contributed by atoms with E-state index in [1.807, 2.05) is 43.1 Å². The third-order valence-electron chi connectivity index (χ3n) is 4.16. The zero-order chi connectivity index (χ0) is 19.6. The van der Waals surface area contributed by atoms with Gasteiger partial charge in [-0.3, -0.25) is 0 Å². The molecule has 0 saturated carbocycles. The topological polar surface area (TPSA) is 24.9 Å². The fourth-order valence-electron chi connectivity index (χ4n) is 2.39. The maximum atomic E-state index is 5.74. The molecule has 1 aromatic carbocycles. The van der Waals surface area contributed by atoms with Crippen LogP contribution >= 0.6 is 23.6 Å². The van der Waals surface area contributed by atoms with Gasteiger partial charge >= 0.3 is 0 Å². The molecule has 0 fully saturated rings. The lowest BCUT2D eigenvalue weighted by Crippen LogP contribution is -2.31. The predicted molar refractivity (Wildman–Crippen MR) is 120 cm³/mol. The van der Waals surface area contributed by atoms with E-state index in [0.717, 1.165) is 36.4 Å². The molecule has 146 valence electrons. The third kappa shape index (κ3) is 7.33. The van der Waals surface area contributed by atoms with Crippen LogP contribution in [0.25, 0.3) is 5.57 Å². The van der Waals surface area contributed by atoms with Gasteiger partial charge in [0.25, 0.3) is 5.17 Å². The number of rotatable bonds is 10. The maximum absolute atomic E-state index is 5.74. The van der Waals surface area contributed by atoms with Crippen molar-refractivity contribution in [2.75, 3.05) is 45.3 Å². The molecular weight excluding hydrogens is 376 g/mol. The molecule has 0 saturated heterocycles. The summed E-state index contributed by atoms with van der Waals surface area (Å²) < 4.78 is 11.5. The summed E-state index contributed by atoms with van der Waals surface area (Å²) in [7, 11) is 4.02. The van der Waals surface area contributed by atoms with Crippen LogP contribution < -0.4 is 9.64 Å². The normalized spacial score (nSPS) is 10.5. The lowest BCUT2D eigenvalue weighted by Gasteiger charge is -2.20. The van der Waals surface area contributed by atoms with Crippen LogP contribution in [0.15, 0.2) is 47.7 Å². The summed E-state index contributed by atoms with van der Waals surface area (Å²) in [6.45, 7) is 9.01. The first-order valence-corrected chi connectivity index (χ1v) is 10.3. The summed E-state index contributed by atoms with van der Waals surface area (Å²) in [6, 6.07) is 9.92. The van der Waals surface area contributed by atoms with Gasteiger partial charge in [-0.2, -0.15) is 11.3 Å². The van der Waals surface area contributed by atoms with E-state index in [4.69, 9.17) is 21.7 Å². The Bertz CT molecular complexity index is 714. The maximum Gasteiger partial charge on any atom is 0.264 e. The number of nitrogens with zero attached hydrogens (tertiary/aromatic N) is 2. The Kier molecular flexibility index (Phi) is 8.78. The zero-order valence-corrected chi connectivity index (χ0v) is 17.9. The molecule has 0 aliphatic carbocycles.